The van der Waals surface area contributed by atoms with Gasteiger partial charge in [0.1, 0.15) is 11.6 Å². The molecule has 9 nitrogen and oxygen atoms in total. The van der Waals surface area contributed by atoms with Gasteiger partial charge in [-0.25, -0.2) is 26.0 Å². The van der Waals surface area contributed by atoms with Crippen LogP contribution >= 0.6 is 0 Å². The number of carboxylic acid groups (broad SMARTS) is 1. The van der Waals surface area contributed by atoms with Gasteiger partial charge in [-0.2, -0.15) is 4.31 Å². The Kier molecular flexibility index (Phi) is 7.34. The molecule has 12 heteroatoms. The Hall–Kier alpha value is -3.35. The number of pyridine rings is 1. The predicted molar refractivity (Wildman–Crippen MR) is 121 cm³/mol. The summed E-state index contributed by atoms with van der Waals surface area (Å²) in [4.78, 5) is 14.8. The highest BCUT2D eigenvalue weighted by atomic mass is 32.2. The molecular formula is C22H21FN2O7S2. The molecule has 0 spiro atoms. The first-order valence-electron chi connectivity index (χ1n) is 9.73. The number of benzene rings is 2. The summed E-state index contributed by atoms with van der Waals surface area (Å²) in [5.74, 6) is -1.61. The van der Waals surface area contributed by atoms with Gasteiger partial charge in [-0.15, -0.1) is 0 Å². The van der Waals surface area contributed by atoms with Crippen molar-refractivity contribution in [2.45, 2.75) is 16.3 Å². The van der Waals surface area contributed by atoms with Crippen LogP contribution in [0, 0.1) is 5.82 Å². The van der Waals surface area contributed by atoms with Crippen LogP contribution in [0.2, 0.25) is 0 Å². The lowest BCUT2D eigenvalue weighted by molar-refractivity contribution is -0.139. The van der Waals surface area contributed by atoms with E-state index >= 15 is 0 Å². The van der Waals surface area contributed by atoms with E-state index in [2.05, 4.69) is 4.98 Å². The van der Waals surface area contributed by atoms with E-state index < -0.39 is 38.3 Å². The van der Waals surface area contributed by atoms with E-state index in [1.807, 2.05) is 0 Å². The maximum absolute atomic E-state index is 13.2. The summed E-state index contributed by atoms with van der Waals surface area (Å²) in [6.45, 7) is -0.713. The molecule has 0 radical (unpaired) electrons. The molecule has 0 saturated carbocycles. The second kappa shape index (κ2) is 9.87. The van der Waals surface area contributed by atoms with Crippen molar-refractivity contribution < 1.29 is 35.9 Å². The number of sulfonamides is 1. The number of hydrogen-bond acceptors (Lipinski definition) is 7. The predicted octanol–water partition coefficient (Wildman–Crippen LogP) is 2.58. The second-order valence-corrected chi connectivity index (χ2v) is 11.5. The number of ether oxygens (including phenoxy) is 1. The van der Waals surface area contributed by atoms with Crippen LogP contribution in [0.3, 0.4) is 0 Å². The van der Waals surface area contributed by atoms with Crippen LogP contribution in [0.5, 0.6) is 5.75 Å². The molecule has 0 aliphatic rings. The molecular weight excluding hydrogens is 487 g/mol. The summed E-state index contributed by atoms with van der Waals surface area (Å²) >= 11 is 0. The lowest BCUT2D eigenvalue weighted by Crippen LogP contribution is -2.26. The first-order valence-corrected chi connectivity index (χ1v) is 13.1. The Morgan fingerprint density at radius 2 is 1.71 bits per heavy atom. The van der Waals surface area contributed by atoms with Gasteiger partial charge >= 0.3 is 5.97 Å². The van der Waals surface area contributed by atoms with Crippen LogP contribution in [0.4, 0.5) is 4.39 Å². The van der Waals surface area contributed by atoms with Crippen LogP contribution in [-0.2, 0) is 31.2 Å². The van der Waals surface area contributed by atoms with Gasteiger partial charge in [0, 0.05) is 43.4 Å². The Bertz CT molecular complexity index is 1420. The monoisotopic (exact) mass is 508 g/mol. The van der Waals surface area contributed by atoms with Crippen molar-refractivity contribution in [2.24, 2.45) is 0 Å². The van der Waals surface area contributed by atoms with Crippen LogP contribution in [0.25, 0.3) is 11.1 Å². The Morgan fingerprint density at radius 3 is 2.32 bits per heavy atom. The summed E-state index contributed by atoms with van der Waals surface area (Å²) in [5, 5.41) is 8.96. The van der Waals surface area contributed by atoms with Crippen molar-refractivity contribution in [2.75, 3.05) is 19.9 Å². The van der Waals surface area contributed by atoms with Crippen molar-refractivity contribution in [3.8, 4) is 16.9 Å². The van der Waals surface area contributed by atoms with E-state index in [4.69, 9.17) is 9.84 Å². The van der Waals surface area contributed by atoms with E-state index in [0.717, 1.165) is 34.8 Å². The number of halogens is 1. The number of aliphatic carboxylic acids is 1. The summed E-state index contributed by atoms with van der Waals surface area (Å²) in [5.41, 5.74) is 1.19. The number of carbonyl (C=O) groups is 1. The highest BCUT2D eigenvalue weighted by molar-refractivity contribution is 7.90. The smallest absolute Gasteiger partial charge is 0.341 e. The lowest BCUT2D eigenvalue weighted by atomic mass is 10.0. The van der Waals surface area contributed by atoms with E-state index in [1.54, 1.807) is 12.1 Å². The summed E-state index contributed by atoms with van der Waals surface area (Å²) in [6.07, 6.45) is 3.60. The molecule has 0 fully saturated rings. The minimum absolute atomic E-state index is 0.0457. The minimum Gasteiger partial charge on any atom is -0.481 e. The van der Waals surface area contributed by atoms with E-state index in [-0.39, 0.29) is 22.1 Å². The highest BCUT2D eigenvalue weighted by Gasteiger charge is 2.22. The topological polar surface area (TPSA) is 131 Å². The number of nitrogens with zero attached hydrogens (tertiary/aromatic N) is 2. The molecule has 0 saturated heterocycles. The van der Waals surface area contributed by atoms with Crippen LogP contribution < -0.4 is 4.74 Å². The van der Waals surface area contributed by atoms with Crippen LogP contribution in [0.15, 0.2) is 70.7 Å². The summed E-state index contributed by atoms with van der Waals surface area (Å²) in [7, 11) is -6.13. The zero-order valence-corrected chi connectivity index (χ0v) is 19.8. The highest BCUT2D eigenvalue weighted by Crippen LogP contribution is 2.32. The number of hydrogen-bond donors (Lipinski definition) is 1. The van der Waals surface area contributed by atoms with Crippen molar-refractivity contribution >= 4 is 25.8 Å². The molecule has 3 rings (SSSR count). The van der Waals surface area contributed by atoms with Crippen LogP contribution in [-0.4, -0.2) is 57.1 Å². The molecule has 1 heterocycles. The summed E-state index contributed by atoms with van der Waals surface area (Å²) < 4.78 is 69.2. The quantitative estimate of drug-likeness (QED) is 0.467. The zero-order valence-electron chi connectivity index (χ0n) is 18.2. The molecule has 0 amide bonds. The average Bonchev–Trinajstić information content (AvgIpc) is 2.78. The fraction of sp³-hybridized carbons (Fsp3) is 0.182. The van der Waals surface area contributed by atoms with Crippen molar-refractivity contribution in [3.05, 3.63) is 72.3 Å². The Balaban J connectivity index is 2.00. The average molecular weight is 509 g/mol. The largest absolute Gasteiger partial charge is 0.481 e. The lowest BCUT2D eigenvalue weighted by Gasteiger charge is -2.19. The van der Waals surface area contributed by atoms with E-state index in [1.165, 1.54) is 31.6 Å². The first kappa shape index (κ1) is 25.3. The molecule has 1 aromatic heterocycles. The zero-order chi connectivity index (χ0) is 25.1. The van der Waals surface area contributed by atoms with Gasteiger partial charge in [0.2, 0.25) is 10.0 Å². The molecule has 2 aromatic carbocycles. The first-order chi connectivity index (χ1) is 15.9. The maximum Gasteiger partial charge on any atom is 0.341 e. The molecule has 0 aliphatic heterocycles. The fourth-order valence-electron chi connectivity index (χ4n) is 3.06. The van der Waals surface area contributed by atoms with Crippen molar-refractivity contribution in [1.29, 1.82) is 0 Å². The van der Waals surface area contributed by atoms with Gasteiger partial charge in [-0.05, 0) is 48.0 Å². The maximum atomic E-state index is 13.2. The number of sulfone groups is 1. The molecule has 0 bridgehead atoms. The van der Waals surface area contributed by atoms with Crippen molar-refractivity contribution in [3.63, 3.8) is 0 Å². The number of rotatable bonds is 9. The van der Waals surface area contributed by atoms with Crippen LogP contribution in [0.1, 0.15) is 5.56 Å². The van der Waals surface area contributed by atoms with Gasteiger partial charge in [0.25, 0.3) is 0 Å². The van der Waals surface area contributed by atoms with Gasteiger partial charge in [-0.3, -0.25) is 4.98 Å². The standard InChI is InChI=1S/C22H21FN2O7S2/c1-25(34(30,31)18-6-4-17(23)5-7-18)13-15-3-8-21(32-14-22(26)27)20(9-15)16-10-19(12-24-11-16)33(2,28)29/h3-12H,13-14H2,1-2H3,(H,26,27). The third-order valence-corrected chi connectivity index (χ3v) is 7.67. The molecule has 180 valence electrons. The molecule has 0 aliphatic carbocycles. The minimum atomic E-state index is -3.92. The second-order valence-electron chi connectivity index (χ2n) is 7.41. The number of carboxylic acids is 1. The third kappa shape index (κ3) is 5.95. The van der Waals surface area contributed by atoms with Gasteiger partial charge in [0.15, 0.2) is 16.4 Å². The Labute approximate surface area is 196 Å². The fourth-order valence-corrected chi connectivity index (χ4v) is 4.82. The van der Waals surface area contributed by atoms with E-state index in [0.29, 0.717) is 16.7 Å². The van der Waals surface area contributed by atoms with Crippen molar-refractivity contribution in [1.82, 2.24) is 9.29 Å². The van der Waals surface area contributed by atoms with Gasteiger partial charge in [0.05, 0.1) is 9.79 Å². The SMILES string of the molecule is CN(Cc1ccc(OCC(=O)O)c(-c2cncc(S(C)(=O)=O)c2)c1)S(=O)(=O)c1ccc(F)cc1. The van der Waals surface area contributed by atoms with Gasteiger partial charge in [-0.1, -0.05) is 6.07 Å². The molecule has 1 N–H and O–H groups in total. The third-order valence-electron chi connectivity index (χ3n) is 4.77. The number of aromatic nitrogens is 1. The summed E-state index contributed by atoms with van der Waals surface area (Å²) in [6, 6.07) is 10.4. The molecule has 0 atom stereocenters. The normalized spacial score (nSPS) is 12.0. The molecule has 34 heavy (non-hydrogen) atoms. The van der Waals surface area contributed by atoms with E-state index in [9.17, 15) is 26.0 Å². The Morgan fingerprint density at radius 1 is 1.03 bits per heavy atom. The molecule has 3 aromatic rings. The molecule has 0 unspecified atom stereocenters. The van der Waals surface area contributed by atoms with Gasteiger partial charge < -0.3 is 9.84 Å².